The molecule has 2 rings (SSSR count). The molecule has 0 bridgehead atoms. The fourth-order valence-corrected chi connectivity index (χ4v) is 2.94. The first kappa shape index (κ1) is 15.5. The molecule has 3 nitrogen and oxygen atoms in total. The van der Waals surface area contributed by atoms with Crippen LogP contribution in [-0.2, 0) is 6.54 Å². The Balaban J connectivity index is 2.52. The molecule has 0 aliphatic rings. The Hall–Kier alpha value is -0.910. The Morgan fingerprint density at radius 1 is 1.50 bits per heavy atom. The summed E-state index contributed by atoms with van der Waals surface area (Å²) in [7, 11) is 1.79. The lowest BCUT2D eigenvalue weighted by Crippen LogP contribution is -2.23. The van der Waals surface area contributed by atoms with Crippen molar-refractivity contribution in [2.75, 3.05) is 7.05 Å². The zero-order valence-electron chi connectivity index (χ0n) is 11.3. The lowest BCUT2D eigenvalue weighted by atomic mass is 10.0. The van der Waals surface area contributed by atoms with E-state index in [1.165, 1.54) is 0 Å². The monoisotopic (exact) mass is 359 g/mol. The third-order valence-electron chi connectivity index (χ3n) is 3.12. The van der Waals surface area contributed by atoms with Crippen LogP contribution in [0.4, 0.5) is 4.39 Å². The summed E-state index contributed by atoms with van der Waals surface area (Å²) in [5.41, 5.74) is 1.41. The zero-order chi connectivity index (χ0) is 14.7. The van der Waals surface area contributed by atoms with Crippen LogP contribution in [0, 0.1) is 5.82 Å². The summed E-state index contributed by atoms with van der Waals surface area (Å²) >= 11 is 9.37. The molecular weight excluding hydrogens is 345 g/mol. The minimum absolute atomic E-state index is 0.125. The second-order valence-corrected chi connectivity index (χ2v) is 5.73. The number of hydrogen-bond donors (Lipinski definition) is 1. The van der Waals surface area contributed by atoms with Crippen LogP contribution in [0.2, 0.25) is 5.02 Å². The third-order valence-corrected chi connectivity index (χ3v) is 4.03. The molecule has 6 heteroatoms. The number of aryl methyl sites for hydroxylation is 1. The molecule has 20 heavy (non-hydrogen) atoms. The minimum atomic E-state index is -0.398. The van der Waals surface area contributed by atoms with Crippen LogP contribution in [-0.4, -0.2) is 16.8 Å². The van der Waals surface area contributed by atoms with Crippen LogP contribution < -0.4 is 5.32 Å². The SMILES string of the molecule is CCCn1ncc(Br)c1C(NC)c1cccc(Cl)c1F. The van der Waals surface area contributed by atoms with Gasteiger partial charge in [-0.05, 0) is 35.5 Å². The molecule has 2 aromatic rings. The second-order valence-electron chi connectivity index (χ2n) is 4.47. The summed E-state index contributed by atoms with van der Waals surface area (Å²) in [6.07, 6.45) is 2.69. The van der Waals surface area contributed by atoms with Crippen LogP contribution in [0.5, 0.6) is 0 Å². The molecule has 0 radical (unpaired) electrons. The van der Waals surface area contributed by atoms with E-state index in [-0.39, 0.29) is 11.1 Å². The van der Waals surface area contributed by atoms with Crippen molar-refractivity contribution in [3.63, 3.8) is 0 Å². The lowest BCUT2D eigenvalue weighted by Gasteiger charge is -2.20. The van der Waals surface area contributed by atoms with E-state index in [2.05, 4.69) is 33.3 Å². The van der Waals surface area contributed by atoms with Gasteiger partial charge in [0.15, 0.2) is 0 Å². The Morgan fingerprint density at radius 3 is 2.90 bits per heavy atom. The Labute approximate surface area is 131 Å². The molecule has 0 aliphatic carbocycles. The van der Waals surface area contributed by atoms with E-state index >= 15 is 0 Å². The van der Waals surface area contributed by atoms with Crippen LogP contribution >= 0.6 is 27.5 Å². The zero-order valence-corrected chi connectivity index (χ0v) is 13.7. The fraction of sp³-hybridized carbons (Fsp3) is 0.357. The first-order valence-electron chi connectivity index (χ1n) is 6.42. The summed E-state index contributed by atoms with van der Waals surface area (Å²) in [5, 5.41) is 7.59. The fourth-order valence-electron chi connectivity index (χ4n) is 2.23. The maximum Gasteiger partial charge on any atom is 0.146 e. The summed E-state index contributed by atoms with van der Waals surface area (Å²) in [6, 6.07) is 4.72. The second kappa shape index (κ2) is 6.70. The van der Waals surface area contributed by atoms with Crippen LogP contribution in [0.25, 0.3) is 0 Å². The quantitative estimate of drug-likeness (QED) is 0.868. The highest BCUT2D eigenvalue weighted by Gasteiger charge is 2.23. The van der Waals surface area contributed by atoms with E-state index in [1.807, 2.05) is 4.68 Å². The van der Waals surface area contributed by atoms with Crippen LogP contribution in [0.3, 0.4) is 0 Å². The number of aromatic nitrogens is 2. The van der Waals surface area contributed by atoms with E-state index in [0.717, 1.165) is 23.1 Å². The van der Waals surface area contributed by atoms with Crippen molar-refractivity contribution in [3.05, 3.63) is 51.0 Å². The van der Waals surface area contributed by atoms with Crippen molar-refractivity contribution >= 4 is 27.5 Å². The first-order valence-corrected chi connectivity index (χ1v) is 7.59. The van der Waals surface area contributed by atoms with Crippen LogP contribution in [0.1, 0.15) is 30.6 Å². The van der Waals surface area contributed by atoms with Crippen molar-refractivity contribution in [2.45, 2.75) is 25.9 Å². The Bertz CT molecular complexity index is 600. The number of nitrogens with one attached hydrogen (secondary N) is 1. The van der Waals surface area contributed by atoms with E-state index < -0.39 is 5.82 Å². The Morgan fingerprint density at radius 2 is 2.25 bits per heavy atom. The maximum absolute atomic E-state index is 14.3. The number of halogens is 3. The molecule has 0 amide bonds. The van der Waals surface area contributed by atoms with Crippen LogP contribution in [0.15, 0.2) is 28.9 Å². The topological polar surface area (TPSA) is 29.9 Å². The van der Waals surface area contributed by atoms with E-state index in [1.54, 1.807) is 31.4 Å². The lowest BCUT2D eigenvalue weighted by molar-refractivity contribution is 0.515. The van der Waals surface area contributed by atoms with Crippen molar-refractivity contribution in [1.29, 1.82) is 0 Å². The van der Waals surface area contributed by atoms with E-state index in [4.69, 9.17) is 11.6 Å². The van der Waals surface area contributed by atoms with Crippen molar-refractivity contribution < 1.29 is 4.39 Å². The molecule has 1 atom stereocenters. The molecule has 0 saturated heterocycles. The van der Waals surface area contributed by atoms with Gasteiger partial charge in [0, 0.05) is 12.1 Å². The number of rotatable bonds is 5. The normalized spacial score (nSPS) is 12.7. The number of hydrogen-bond acceptors (Lipinski definition) is 2. The van der Waals surface area contributed by atoms with Crippen molar-refractivity contribution in [2.24, 2.45) is 0 Å². The van der Waals surface area contributed by atoms with Gasteiger partial charge in [0.1, 0.15) is 5.82 Å². The van der Waals surface area contributed by atoms with Gasteiger partial charge in [-0.25, -0.2) is 4.39 Å². The molecule has 1 unspecified atom stereocenters. The van der Waals surface area contributed by atoms with Gasteiger partial charge in [-0.3, -0.25) is 4.68 Å². The minimum Gasteiger partial charge on any atom is -0.308 e. The molecule has 108 valence electrons. The predicted molar refractivity (Wildman–Crippen MR) is 82.5 cm³/mol. The molecule has 1 heterocycles. The van der Waals surface area contributed by atoms with Gasteiger partial charge in [0.25, 0.3) is 0 Å². The number of nitrogens with zero attached hydrogens (tertiary/aromatic N) is 2. The highest BCUT2D eigenvalue weighted by atomic mass is 79.9. The molecule has 1 aromatic carbocycles. The molecule has 1 N–H and O–H groups in total. The standard InChI is InChI=1S/C14H16BrClFN3/c1-3-7-20-14(10(15)8-19-20)13(18-2)9-5-4-6-11(16)12(9)17/h4-6,8,13,18H,3,7H2,1-2H3. The van der Waals surface area contributed by atoms with Gasteiger partial charge in [0.05, 0.1) is 27.4 Å². The molecule has 0 spiro atoms. The van der Waals surface area contributed by atoms with Gasteiger partial charge in [-0.15, -0.1) is 0 Å². The van der Waals surface area contributed by atoms with Gasteiger partial charge >= 0.3 is 0 Å². The third kappa shape index (κ3) is 2.90. The largest absolute Gasteiger partial charge is 0.308 e. The molecule has 0 saturated carbocycles. The van der Waals surface area contributed by atoms with Gasteiger partial charge in [-0.2, -0.15) is 5.10 Å². The van der Waals surface area contributed by atoms with Crippen molar-refractivity contribution in [3.8, 4) is 0 Å². The van der Waals surface area contributed by atoms with Crippen molar-refractivity contribution in [1.82, 2.24) is 15.1 Å². The Kier molecular flexibility index (Phi) is 5.18. The predicted octanol–water partition coefficient (Wildman–Crippen LogP) is 4.16. The molecular formula is C14H16BrClFN3. The summed E-state index contributed by atoms with van der Waals surface area (Å²) in [6.45, 7) is 2.86. The van der Waals surface area contributed by atoms with Gasteiger partial charge in [0.2, 0.25) is 0 Å². The highest BCUT2D eigenvalue weighted by molar-refractivity contribution is 9.10. The smallest absolute Gasteiger partial charge is 0.146 e. The maximum atomic E-state index is 14.3. The van der Waals surface area contributed by atoms with E-state index in [0.29, 0.717) is 5.56 Å². The summed E-state index contributed by atoms with van der Waals surface area (Å²) in [4.78, 5) is 0. The molecule has 0 fully saturated rings. The summed E-state index contributed by atoms with van der Waals surface area (Å²) in [5.74, 6) is -0.398. The first-order chi connectivity index (χ1) is 9.60. The molecule has 0 aliphatic heterocycles. The van der Waals surface area contributed by atoms with E-state index in [9.17, 15) is 4.39 Å². The molecule has 1 aromatic heterocycles. The summed E-state index contributed by atoms with van der Waals surface area (Å²) < 4.78 is 17.0. The highest BCUT2D eigenvalue weighted by Crippen LogP contribution is 2.32. The van der Waals surface area contributed by atoms with Gasteiger partial charge in [-0.1, -0.05) is 30.7 Å². The number of benzene rings is 1. The average molecular weight is 361 g/mol. The average Bonchev–Trinajstić information content (AvgIpc) is 2.78. The van der Waals surface area contributed by atoms with Gasteiger partial charge < -0.3 is 5.32 Å².